The number of rotatable bonds is 4. The van der Waals surface area contributed by atoms with Crippen LogP contribution in [0.15, 0.2) is 60.0 Å². The van der Waals surface area contributed by atoms with E-state index in [1.807, 2.05) is 42.5 Å². The largest absolute Gasteiger partial charge is 0.325 e. The molecular formula is C20H16N2O3S. The number of hydrogen-bond acceptors (Lipinski definition) is 4. The van der Waals surface area contributed by atoms with Gasteiger partial charge in [-0.3, -0.25) is 14.5 Å². The minimum Gasteiger partial charge on any atom is -0.319 e. The highest BCUT2D eigenvalue weighted by Gasteiger charge is 2.50. The molecule has 1 saturated heterocycles. The van der Waals surface area contributed by atoms with Gasteiger partial charge in [-0.25, -0.2) is 4.79 Å². The van der Waals surface area contributed by atoms with E-state index in [0.29, 0.717) is 4.88 Å². The first-order chi connectivity index (χ1) is 12.5. The summed E-state index contributed by atoms with van der Waals surface area (Å²) < 4.78 is 0. The maximum atomic E-state index is 13.1. The predicted octanol–water partition coefficient (Wildman–Crippen LogP) is 3.55. The molecule has 0 radical (unpaired) electrons. The topological polar surface area (TPSA) is 66.5 Å². The Hall–Kier alpha value is -2.99. The molecule has 6 heteroatoms. The van der Waals surface area contributed by atoms with E-state index in [1.165, 1.54) is 11.3 Å². The number of nitrogens with zero attached hydrogens (tertiary/aromatic N) is 1. The fraction of sp³-hybridized carbons (Fsp3) is 0.150. The number of benzene rings is 2. The summed E-state index contributed by atoms with van der Waals surface area (Å²) in [5.41, 5.74) is -0.478. The van der Waals surface area contributed by atoms with Crippen LogP contribution in [0.5, 0.6) is 0 Å². The number of thiophene rings is 1. The first-order valence-electron chi connectivity index (χ1n) is 8.20. The molecule has 1 fully saturated rings. The molecule has 5 nitrogen and oxygen atoms in total. The van der Waals surface area contributed by atoms with Crippen LogP contribution in [0.2, 0.25) is 0 Å². The molecule has 26 heavy (non-hydrogen) atoms. The molecule has 2 heterocycles. The summed E-state index contributed by atoms with van der Waals surface area (Å²) in [6.07, 6.45) is 0. The smallest absolute Gasteiger partial charge is 0.319 e. The Morgan fingerprint density at radius 3 is 2.62 bits per heavy atom. The number of amides is 3. The Kier molecular flexibility index (Phi) is 3.85. The molecule has 1 atom stereocenters. The molecule has 1 N–H and O–H groups in total. The molecule has 3 amide bonds. The zero-order valence-electron chi connectivity index (χ0n) is 14.1. The number of urea groups is 1. The average Bonchev–Trinajstić information content (AvgIpc) is 3.25. The van der Waals surface area contributed by atoms with E-state index in [2.05, 4.69) is 5.32 Å². The van der Waals surface area contributed by atoms with Gasteiger partial charge in [0.2, 0.25) is 0 Å². The van der Waals surface area contributed by atoms with Crippen molar-refractivity contribution in [3.8, 4) is 0 Å². The van der Waals surface area contributed by atoms with E-state index >= 15 is 0 Å². The number of hydrogen-bond donors (Lipinski definition) is 1. The first-order valence-corrected chi connectivity index (χ1v) is 9.08. The first kappa shape index (κ1) is 16.5. The fourth-order valence-corrected chi connectivity index (χ4v) is 4.00. The highest BCUT2D eigenvalue weighted by atomic mass is 32.1. The SMILES string of the molecule is C[C@@]1(c2cccc3ccccc23)NC(=O)N(CC(=O)c2cccs2)C1=O. The van der Waals surface area contributed by atoms with Crippen LogP contribution in [0.25, 0.3) is 10.8 Å². The van der Waals surface area contributed by atoms with E-state index in [9.17, 15) is 14.4 Å². The van der Waals surface area contributed by atoms with Crippen LogP contribution in [-0.2, 0) is 10.3 Å². The van der Waals surface area contributed by atoms with Gasteiger partial charge in [0.15, 0.2) is 5.78 Å². The molecule has 0 aliphatic carbocycles. The van der Waals surface area contributed by atoms with Gasteiger partial charge in [0.05, 0.1) is 11.4 Å². The molecule has 0 saturated carbocycles. The number of fused-ring (bicyclic) bond motifs is 1. The van der Waals surface area contributed by atoms with Crippen LogP contribution >= 0.6 is 11.3 Å². The maximum absolute atomic E-state index is 13.1. The standard InChI is InChI=1S/C20H16N2O3S/c1-20(15-9-4-7-13-6-2-3-8-14(13)15)18(24)22(19(25)21-20)12-16(23)17-10-5-11-26-17/h2-11H,12H2,1H3,(H,21,25)/t20-/m0/s1. The molecule has 0 bridgehead atoms. The Morgan fingerprint density at radius 1 is 1.08 bits per heavy atom. The van der Waals surface area contributed by atoms with Crippen molar-refractivity contribution in [1.82, 2.24) is 10.2 Å². The minimum absolute atomic E-state index is 0.245. The minimum atomic E-state index is -1.20. The molecule has 2 aromatic carbocycles. The molecule has 0 unspecified atom stereocenters. The monoisotopic (exact) mass is 364 g/mol. The quantitative estimate of drug-likeness (QED) is 0.569. The molecule has 3 aromatic rings. The van der Waals surface area contributed by atoms with Crippen molar-refractivity contribution < 1.29 is 14.4 Å². The van der Waals surface area contributed by atoms with Gasteiger partial charge in [-0.15, -0.1) is 11.3 Å². The summed E-state index contributed by atoms with van der Waals surface area (Å²) >= 11 is 1.30. The lowest BCUT2D eigenvalue weighted by Gasteiger charge is -2.24. The number of carbonyl (C=O) groups excluding carboxylic acids is 3. The second-order valence-corrected chi connectivity index (χ2v) is 7.32. The van der Waals surface area contributed by atoms with E-state index < -0.39 is 17.5 Å². The molecular weight excluding hydrogens is 348 g/mol. The number of nitrogens with one attached hydrogen (secondary N) is 1. The van der Waals surface area contributed by atoms with Crippen LogP contribution in [0.1, 0.15) is 22.2 Å². The number of ketones is 1. The van der Waals surface area contributed by atoms with E-state index in [0.717, 1.165) is 21.2 Å². The average molecular weight is 364 g/mol. The highest BCUT2D eigenvalue weighted by Crippen LogP contribution is 2.33. The van der Waals surface area contributed by atoms with E-state index in [-0.39, 0.29) is 12.3 Å². The summed E-state index contributed by atoms with van der Waals surface area (Å²) in [6, 6.07) is 16.3. The molecule has 130 valence electrons. The van der Waals surface area contributed by atoms with Crippen molar-refractivity contribution in [3.05, 3.63) is 70.4 Å². The van der Waals surface area contributed by atoms with Crippen LogP contribution in [0.3, 0.4) is 0 Å². The number of imide groups is 1. The van der Waals surface area contributed by atoms with Gasteiger partial charge >= 0.3 is 6.03 Å². The summed E-state index contributed by atoms with van der Waals surface area (Å²) in [7, 11) is 0. The van der Waals surface area contributed by atoms with Gasteiger partial charge in [-0.1, -0.05) is 48.5 Å². The molecule has 0 spiro atoms. The second-order valence-electron chi connectivity index (χ2n) is 6.37. The van der Waals surface area contributed by atoms with Gasteiger partial charge in [0, 0.05) is 0 Å². The van der Waals surface area contributed by atoms with Crippen LogP contribution in [0.4, 0.5) is 4.79 Å². The van der Waals surface area contributed by atoms with E-state index in [4.69, 9.17) is 0 Å². The summed E-state index contributed by atoms with van der Waals surface area (Å²) in [5.74, 6) is -0.658. The lowest BCUT2D eigenvalue weighted by molar-refractivity contribution is -0.130. The van der Waals surface area contributed by atoms with Crippen molar-refractivity contribution in [3.63, 3.8) is 0 Å². The summed E-state index contributed by atoms with van der Waals surface area (Å²) in [5, 5.41) is 6.46. The van der Waals surface area contributed by atoms with Crippen LogP contribution < -0.4 is 5.32 Å². The Bertz CT molecular complexity index is 1020. The zero-order chi connectivity index (χ0) is 18.3. The molecule has 4 rings (SSSR count). The second kappa shape index (κ2) is 6.07. The van der Waals surface area contributed by atoms with Gasteiger partial charge in [0.1, 0.15) is 5.54 Å². The third kappa shape index (κ3) is 2.50. The van der Waals surface area contributed by atoms with Gasteiger partial charge < -0.3 is 5.32 Å². The van der Waals surface area contributed by atoms with E-state index in [1.54, 1.807) is 24.4 Å². The van der Waals surface area contributed by atoms with Crippen molar-refractivity contribution in [2.45, 2.75) is 12.5 Å². The highest BCUT2D eigenvalue weighted by molar-refractivity contribution is 7.12. The van der Waals surface area contributed by atoms with Crippen LogP contribution in [-0.4, -0.2) is 29.2 Å². The maximum Gasteiger partial charge on any atom is 0.325 e. The van der Waals surface area contributed by atoms with Crippen LogP contribution in [0, 0.1) is 0 Å². The Balaban J connectivity index is 1.70. The molecule has 1 aliphatic heterocycles. The lowest BCUT2D eigenvalue weighted by atomic mass is 9.88. The fourth-order valence-electron chi connectivity index (χ4n) is 3.34. The summed E-state index contributed by atoms with van der Waals surface area (Å²) in [6.45, 7) is 1.43. The lowest BCUT2D eigenvalue weighted by Crippen LogP contribution is -2.41. The zero-order valence-corrected chi connectivity index (χ0v) is 14.9. The van der Waals surface area contributed by atoms with Gasteiger partial charge in [-0.2, -0.15) is 0 Å². The Labute approximate surface area is 154 Å². The molecule has 1 aliphatic rings. The van der Waals surface area contributed by atoms with Crippen molar-refractivity contribution in [2.75, 3.05) is 6.54 Å². The van der Waals surface area contributed by atoms with Crippen molar-refractivity contribution >= 4 is 39.8 Å². The molecule has 1 aromatic heterocycles. The Morgan fingerprint density at radius 2 is 1.85 bits per heavy atom. The van der Waals surface area contributed by atoms with Gasteiger partial charge in [0.25, 0.3) is 5.91 Å². The van der Waals surface area contributed by atoms with Crippen molar-refractivity contribution in [2.24, 2.45) is 0 Å². The summed E-state index contributed by atoms with van der Waals surface area (Å²) in [4.78, 5) is 39.4. The van der Waals surface area contributed by atoms with Gasteiger partial charge in [-0.05, 0) is 34.7 Å². The van der Waals surface area contributed by atoms with Crippen molar-refractivity contribution in [1.29, 1.82) is 0 Å². The normalized spacial score (nSPS) is 19.8. The predicted molar refractivity (Wildman–Crippen MR) is 100 cm³/mol. The third-order valence-corrected chi connectivity index (χ3v) is 5.61. The number of Topliss-reactive ketones (excluding diaryl/α,β-unsaturated/α-hetero) is 1. The number of carbonyl (C=O) groups is 3. The third-order valence-electron chi connectivity index (χ3n) is 4.70.